The van der Waals surface area contributed by atoms with Gasteiger partial charge < -0.3 is 10.2 Å². The van der Waals surface area contributed by atoms with E-state index in [0.29, 0.717) is 12.3 Å². The number of aromatic nitrogens is 2. The average molecular weight is 280 g/mol. The molecule has 21 heavy (non-hydrogen) atoms. The number of carbonyl (C=O) groups is 1. The van der Waals surface area contributed by atoms with E-state index in [1.54, 1.807) is 11.1 Å². The molecule has 4 rings (SSSR count). The number of hydrogen-bond donors (Lipinski definition) is 1. The van der Waals surface area contributed by atoms with Crippen molar-refractivity contribution in [3.8, 4) is 0 Å². The van der Waals surface area contributed by atoms with Gasteiger partial charge in [0.1, 0.15) is 11.6 Å². The zero-order valence-electron chi connectivity index (χ0n) is 11.8. The smallest absolute Gasteiger partial charge is 0.231 e. The van der Waals surface area contributed by atoms with Crippen molar-refractivity contribution < 1.29 is 4.79 Å². The lowest BCUT2D eigenvalue weighted by Crippen LogP contribution is -2.20. The van der Waals surface area contributed by atoms with Gasteiger partial charge in [0.2, 0.25) is 5.91 Å². The average Bonchev–Trinajstić information content (AvgIpc) is 3.28. The van der Waals surface area contributed by atoms with Crippen LogP contribution in [-0.2, 0) is 11.2 Å². The van der Waals surface area contributed by atoms with E-state index in [4.69, 9.17) is 0 Å². The summed E-state index contributed by atoms with van der Waals surface area (Å²) in [6, 6.07) is 7.85. The summed E-state index contributed by atoms with van der Waals surface area (Å²) in [6.45, 7) is 0. The molecule has 1 aromatic carbocycles. The number of hydrogen-bond acceptors (Lipinski definition) is 4. The van der Waals surface area contributed by atoms with Gasteiger partial charge in [0.25, 0.3) is 0 Å². The second-order valence-corrected chi connectivity index (χ2v) is 5.67. The molecule has 2 aromatic rings. The Morgan fingerprint density at radius 3 is 2.95 bits per heavy atom. The number of likely N-dealkylation sites (N-methyl/N-ethyl adjacent to an activating group) is 1. The van der Waals surface area contributed by atoms with Crippen molar-refractivity contribution in [2.45, 2.75) is 25.2 Å². The van der Waals surface area contributed by atoms with Crippen LogP contribution in [0, 0.1) is 0 Å². The lowest BCUT2D eigenvalue weighted by Gasteiger charge is -2.11. The Bertz CT molecular complexity index is 724. The molecule has 0 atom stereocenters. The highest BCUT2D eigenvalue weighted by atomic mass is 16.2. The van der Waals surface area contributed by atoms with Gasteiger partial charge in [-0.3, -0.25) is 4.79 Å². The Labute approximate surface area is 123 Å². The summed E-state index contributed by atoms with van der Waals surface area (Å²) in [5, 5.41) is 3.31. The fourth-order valence-corrected chi connectivity index (χ4v) is 2.68. The molecule has 0 radical (unpaired) electrons. The van der Waals surface area contributed by atoms with Crippen molar-refractivity contribution in [1.82, 2.24) is 9.97 Å². The number of fused-ring (bicyclic) bond motifs is 1. The monoisotopic (exact) mass is 280 g/mol. The SMILES string of the molecule is CN1C(=O)Cc2cc(Nc3ccnc(C4CC4)n3)ccc21. The maximum atomic E-state index is 11.7. The van der Waals surface area contributed by atoms with Crippen LogP contribution < -0.4 is 10.2 Å². The maximum Gasteiger partial charge on any atom is 0.231 e. The molecule has 1 aromatic heterocycles. The van der Waals surface area contributed by atoms with E-state index < -0.39 is 0 Å². The molecule has 106 valence electrons. The Morgan fingerprint density at radius 1 is 1.29 bits per heavy atom. The van der Waals surface area contributed by atoms with E-state index in [1.165, 1.54) is 12.8 Å². The van der Waals surface area contributed by atoms with Gasteiger partial charge in [-0.05, 0) is 42.7 Å². The van der Waals surface area contributed by atoms with Crippen LogP contribution in [0.5, 0.6) is 0 Å². The van der Waals surface area contributed by atoms with Crippen LogP contribution in [0.2, 0.25) is 0 Å². The van der Waals surface area contributed by atoms with E-state index in [1.807, 2.05) is 31.3 Å². The van der Waals surface area contributed by atoms with E-state index >= 15 is 0 Å². The van der Waals surface area contributed by atoms with Crippen LogP contribution in [0.1, 0.15) is 30.1 Å². The zero-order chi connectivity index (χ0) is 14.4. The molecule has 2 aliphatic rings. The highest BCUT2D eigenvalue weighted by Crippen LogP contribution is 2.38. The Hall–Kier alpha value is -2.43. The van der Waals surface area contributed by atoms with E-state index in [9.17, 15) is 4.79 Å². The van der Waals surface area contributed by atoms with Gasteiger partial charge in [-0.15, -0.1) is 0 Å². The molecule has 5 nitrogen and oxygen atoms in total. The third-order valence-corrected chi connectivity index (χ3v) is 4.05. The van der Waals surface area contributed by atoms with Crippen LogP contribution >= 0.6 is 0 Å². The van der Waals surface area contributed by atoms with Gasteiger partial charge >= 0.3 is 0 Å². The van der Waals surface area contributed by atoms with Gasteiger partial charge in [-0.25, -0.2) is 9.97 Å². The van der Waals surface area contributed by atoms with E-state index in [0.717, 1.165) is 28.6 Å². The van der Waals surface area contributed by atoms with Gasteiger partial charge in [0, 0.05) is 30.5 Å². The molecule has 0 spiro atoms. The van der Waals surface area contributed by atoms with Crippen LogP contribution in [0.3, 0.4) is 0 Å². The van der Waals surface area contributed by atoms with Crippen LogP contribution in [0.15, 0.2) is 30.5 Å². The predicted molar refractivity (Wildman–Crippen MR) is 80.8 cm³/mol. The molecular formula is C16H16N4O. The van der Waals surface area contributed by atoms with Crippen molar-refractivity contribution in [1.29, 1.82) is 0 Å². The number of anilines is 3. The van der Waals surface area contributed by atoms with E-state index in [2.05, 4.69) is 15.3 Å². The highest BCUT2D eigenvalue weighted by Gasteiger charge is 2.27. The lowest BCUT2D eigenvalue weighted by atomic mass is 10.1. The highest BCUT2D eigenvalue weighted by molar-refractivity contribution is 6.01. The maximum absolute atomic E-state index is 11.7. The molecular weight excluding hydrogens is 264 g/mol. The Morgan fingerprint density at radius 2 is 2.14 bits per heavy atom. The summed E-state index contributed by atoms with van der Waals surface area (Å²) >= 11 is 0. The largest absolute Gasteiger partial charge is 0.340 e. The fourth-order valence-electron chi connectivity index (χ4n) is 2.68. The number of nitrogens with one attached hydrogen (secondary N) is 1. The quantitative estimate of drug-likeness (QED) is 0.939. The first-order valence-electron chi connectivity index (χ1n) is 7.20. The number of rotatable bonds is 3. The van der Waals surface area contributed by atoms with Gasteiger partial charge in [0.15, 0.2) is 0 Å². The van der Waals surface area contributed by atoms with E-state index in [-0.39, 0.29) is 5.91 Å². The molecule has 1 N–H and O–H groups in total. The second kappa shape index (κ2) is 4.55. The first-order chi connectivity index (χ1) is 10.2. The summed E-state index contributed by atoms with van der Waals surface area (Å²) in [6.07, 6.45) is 4.65. The molecule has 1 saturated carbocycles. The standard InChI is InChI=1S/C16H16N4O/c1-20-13-5-4-12(8-11(13)9-15(20)21)18-14-6-7-17-16(19-14)10-2-3-10/h4-8,10H,2-3,9H2,1H3,(H,17,18,19). The molecule has 1 aliphatic heterocycles. The van der Waals surface area contributed by atoms with Gasteiger partial charge in [-0.2, -0.15) is 0 Å². The van der Waals surface area contributed by atoms with Crippen molar-refractivity contribution in [2.75, 3.05) is 17.3 Å². The minimum absolute atomic E-state index is 0.139. The lowest BCUT2D eigenvalue weighted by molar-refractivity contribution is -0.117. The third kappa shape index (κ3) is 2.24. The zero-order valence-corrected chi connectivity index (χ0v) is 11.8. The summed E-state index contributed by atoms with van der Waals surface area (Å²) in [7, 11) is 1.81. The molecule has 1 amide bonds. The third-order valence-electron chi connectivity index (χ3n) is 4.05. The van der Waals surface area contributed by atoms with Crippen molar-refractivity contribution >= 4 is 23.1 Å². The van der Waals surface area contributed by atoms with Crippen LogP contribution in [0.4, 0.5) is 17.2 Å². The number of benzene rings is 1. The molecule has 1 aliphatic carbocycles. The van der Waals surface area contributed by atoms with Crippen molar-refractivity contribution in [2.24, 2.45) is 0 Å². The Balaban J connectivity index is 1.59. The van der Waals surface area contributed by atoms with Crippen molar-refractivity contribution in [3.05, 3.63) is 41.9 Å². The molecule has 0 saturated heterocycles. The number of nitrogens with zero attached hydrogens (tertiary/aromatic N) is 3. The summed E-state index contributed by atoms with van der Waals surface area (Å²) < 4.78 is 0. The minimum atomic E-state index is 0.139. The molecule has 2 heterocycles. The number of carbonyl (C=O) groups excluding carboxylic acids is 1. The first kappa shape index (κ1) is 12.3. The van der Waals surface area contributed by atoms with Crippen molar-refractivity contribution in [3.63, 3.8) is 0 Å². The van der Waals surface area contributed by atoms with Crippen LogP contribution in [-0.4, -0.2) is 22.9 Å². The topological polar surface area (TPSA) is 58.1 Å². The molecule has 0 bridgehead atoms. The number of amides is 1. The summed E-state index contributed by atoms with van der Waals surface area (Å²) in [5.41, 5.74) is 3.01. The second-order valence-electron chi connectivity index (χ2n) is 5.67. The fraction of sp³-hybridized carbons (Fsp3) is 0.312. The summed E-state index contributed by atoms with van der Waals surface area (Å²) in [4.78, 5) is 22.3. The molecule has 0 unspecified atom stereocenters. The first-order valence-corrected chi connectivity index (χ1v) is 7.20. The molecule has 5 heteroatoms. The summed E-state index contributed by atoms with van der Waals surface area (Å²) in [5.74, 6) is 2.42. The van der Waals surface area contributed by atoms with Gasteiger partial charge in [-0.1, -0.05) is 0 Å². The van der Waals surface area contributed by atoms with Crippen LogP contribution in [0.25, 0.3) is 0 Å². The Kier molecular flexibility index (Phi) is 2.67. The molecule has 1 fully saturated rings. The predicted octanol–water partition coefficient (Wildman–Crippen LogP) is 2.62. The normalized spacial score (nSPS) is 17.0. The van der Waals surface area contributed by atoms with Gasteiger partial charge in [0.05, 0.1) is 6.42 Å². The minimum Gasteiger partial charge on any atom is -0.340 e.